The summed E-state index contributed by atoms with van der Waals surface area (Å²) >= 11 is 0. The fraction of sp³-hybridized carbons (Fsp3) is 0.409. The molecule has 0 aliphatic carbocycles. The monoisotopic (exact) mass is 373 g/mol. The molecule has 0 radical (unpaired) electrons. The molecule has 2 aromatic carbocycles. The lowest BCUT2D eigenvalue weighted by Crippen LogP contribution is -2.35. The average Bonchev–Trinajstić information content (AvgIpc) is 2.64. The summed E-state index contributed by atoms with van der Waals surface area (Å²) < 4.78 is 18.3. The third-order valence-corrected chi connectivity index (χ3v) is 4.33. The van der Waals surface area contributed by atoms with Gasteiger partial charge in [0.1, 0.15) is 18.5 Å². The molecule has 0 aliphatic rings. The number of rotatable bonds is 10. The lowest BCUT2D eigenvalue weighted by Gasteiger charge is -2.26. The topological polar surface area (TPSA) is 49.8 Å². The first-order valence-electron chi connectivity index (χ1n) is 9.33. The van der Waals surface area contributed by atoms with Crippen molar-refractivity contribution in [1.82, 2.24) is 4.90 Å². The number of esters is 1. The van der Waals surface area contributed by atoms with Gasteiger partial charge in [-0.2, -0.15) is 0 Å². The summed E-state index contributed by atoms with van der Waals surface area (Å²) in [6.07, 6.45) is 0.295. The Morgan fingerprint density at radius 1 is 1.15 bits per heavy atom. The van der Waals surface area contributed by atoms with Gasteiger partial charge in [-0.15, -0.1) is 0 Å². The molecule has 2 aromatic rings. The van der Waals surface area contributed by atoms with Gasteiger partial charge in [-0.25, -0.2) is 4.39 Å². The number of carbonyl (C=O) groups excluding carboxylic acids is 1. The second kappa shape index (κ2) is 10.8. The Kier molecular flexibility index (Phi) is 8.43. The first kappa shape index (κ1) is 21.1. The first-order valence-corrected chi connectivity index (χ1v) is 9.33. The second-order valence-electron chi connectivity index (χ2n) is 6.81. The van der Waals surface area contributed by atoms with Crippen LogP contribution in [0.25, 0.3) is 0 Å². The van der Waals surface area contributed by atoms with Gasteiger partial charge in [-0.3, -0.25) is 9.69 Å². The largest absolute Gasteiger partial charge is 0.463 e. The molecule has 0 fully saturated rings. The number of hydrogen-bond donors (Lipinski definition) is 1. The quantitative estimate of drug-likeness (QED) is 0.643. The summed E-state index contributed by atoms with van der Waals surface area (Å²) in [6.45, 7) is 5.49. The van der Waals surface area contributed by atoms with Crippen LogP contribution in [-0.2, 0) is 22.6 Å². The van der Waals surface area contributed by atoms with E-state index in [9.17, 15) is 14.3 Å². The molecule has 0 amide bonds. The Labute approximate surface area is 160 Å². The molecule has 0 saturated carbocycles. The van der Waals surface area contributed by atoms with Gasteiger partial charge in [0.05, 0.1) is 0 Å². The van der Waals surface area contributed by atoms with Crippen LogP contribution >= 0.6 is 0 Å². The highest BCUT2D eigenvalue weighted by atomic mass is 19.1. The number of halogens is 1. The van der Waals surface area contributed by atoms with Crippen LogP contribution < -0.4 is 0 Å². The predicted molar refractivity (Wildman–Crippen MR) is 104 cm³/mol. The van der Waals surface area contributed by atoms with E-state index in [1.165, 1.54) is 17.7 Å². The molecule has 0 unspecified atom stereocenters. The fourth-order valence-electron chi connectivity index (χ4n) is 2.88. The Balaban J connectivity index is 2.03. The fourth-order valence-corrected chi connectivity index (χ4v) is 2.88. The molecule has 5 heteroatoms. The van der Waals surface area contributed by atoms with E-state index in [4.69, 9.17) is 4.74 Å². The molecule has 27 heavy (non-hydrogen) atoms. The van der Waals surface area contributed by atoms with Crippen molar-refractivity contribution < 1.29 is 19.0 Å². The maximum absolute atomic E-state index is 13.2. The number of nitrogens with zero attached hydrogens (tertiary/aromatic N) is 1. The Morgan fingerprint density at radius 2 is 1.85 bits per heavy atom. The van der Waals surface area contributed by atoms with Crippen molar-refractivity contribution in [2.24, 2.45) is 0 Å². The van der Waals surface area contributed by atoms with Crippen LogP contribution in [-0.4, -0.2) is 35.2 Å². The summed E-state index contributed by atoms with van der Waals surface area (Å²) in [7, 11) is 0. The molecule has 0 aromatic heterocycles. The molecule has 4 nitrogen and oxygen atoms in total. The van der Waals surface area contributed by atoms with E-state index in [1.807, 2.05) is 32.0 Å². The van der Waals surface area contributed by atoms with Crippen LogP contribution in [0, 0.1) is 12.7 Å². The standard InChI is InChI=1S/C22H28FNO3/c1-3-6-22(26)27-16-21(25)15-24(13-18-9-11-20(23)12-10-18)14-19-8-5-4-7-17(19)2/h4-5,7-12,21,25H,3,6,13-16H2,1-2H3/t21-/m0/s1. The van der Waals surface area contributed by atoms with Crippen molar-refractivity contribution in [1.29, 1.82) is 0 Å². The van der Waals surface area contributed by atoms with Crippen molar-refractivity contribution in [2.45, 2.75) is 45.9 Å². The Hall–Kier alpha value is -2.24. The van der Waals surface area contributed by atoms with Gasteiger partial charge in [-0.05, 0) is 42.2 Å². The summed E-state index contributed by atoms with van der Waals surface area (Å²) in [5.74, 6) is -0.562. The molecule has 0 spiro atoms. The molecule has 0 saturated heterocycles. The van der Waals surface area contributed by atoms with Crippen LogP contribution in [0.5, 0.6) is 0 Å². The van der Waals surface area contributed by atoms with Gasteiger partial charge in [0.25, 0.3) is 0 Å². The summed E-state index contributed by atoms with van der Waals surface area (Å²) in [5, 5.41) is 10.3. The highest BCUT2D eigenvalue weighted by Crippen LogP contribution is 2.14. The van der Waals surface area contributed by atoms with Crippen LogP contribution in [0.3, 0.4) is 0 Å². The average molecular weight is 373 g/mol. The number of aryl methyl sites for hydroxylation is 1. The SMILES string of the molecule is CCCC(=O)OC[C@@H](O)CN(Cc1ccc(F)cc1)Cc1ccccc1C. The van der Waals surface area contributed by atoms with Crippen molar-refractivity contribution in [3.63, 3.8) is 0 Å². The van der Waals surface area contributed by atoms with Gasteiger partial charge >= 0.3 is 5.97 Å². The third-order valence-electron chi connectivity index (χ3n) is 4.33. The zero-order valence-electron chi connectivity index (χ0n) is 16.0. The zero-order chi connectivity index (χ0) is 19.6. The minimum Gasteiger partial charge on any atom is -0.463 e. The van der Waals surface area contributed by atoms with Gasteiger partial charge < -0.3 is 9.84 Å². The summed E-state index contributed by atoms with van der Waals surface area (Å²) in [6, 6.07) is 14.4. The van der Waals surface area contributed by atoms with Gasteiger partial charge in [0, 0.05) is 26.1 Å². The molecular weight excluding hydrogens is 345 g/mol. The molecule has 0 heterocycles. The predicted octanol–water partition coefficient (Wildman–Crippen LogP) is 3.84. The van der Waals surface area contributed by atoms with Gasteiger partial charge in [-0.1, -0.05) is 43.3 Å². The smallest absolute Gasteiger partial charge is 0.305 e. The molecule has 1 atom stereocenters. The molecule has 0 bridgehead atoms. The minimum atomic E-state index is -0.782. The number of aliphatic hydroxyl groups excluding tert-OH is 1. The molecule has 0 aliphatic heterocycles. The lowest BCUT2D eigenvalue weighted by atomic mass is 10.1. The number of ether oxygens (including phenoxy) is 1. The molecule has 146 valence electrons. The van der Waals surface area contributed by atoms with Crippen LogP contribution in [0.1, 0.15) is 36.5 Å². The molecule has 2 rings (SSSR count). The van der Waals surface area contributed by atoms with E-state index in [1.54, 1.807) is 12.1 Å². The Morgan fingerprint density at radius 3 is 2.52 bits per heavy atom. The number of carbonyl (C=O) groups is 1. The minimum absolute atomic E-state index is 0.0213. The maximum atomic E-state index is 13.2. The molecular formula is C22H28FNO3. The van der Waals surface area contributed by atoms with Crippen molar-refractivity contribution in [2.75, 3.05) is 13.2 Å². The first-order chi connectivity index (χ1) is 13.0. The van der Waals surface area contributed by atoms with Gasteiger partial charge in [0.15, 0.2) is 0 Å². The van der Waals surface area contributed by atoms with E-state index >= 15 is 0 Å². The maximum Gasteiger partial charge on any atom is 0.305 e. The third kappa shape index (κ3) is 7.49. The van der Waals surface area contributed by atoms with E-state index in [-0.39, 0.29) is 18.4 Å². The summed E-state index contributed by atoms with van der Waals surface area (Å²) in [4.78, 5) is 13.6. The van der Waals surface area contributed by atoms with Crippen molar-refractivity contribution in [3.05, 3.63) is 71.0 Å². The zero-order valence-corrected chi connectivity index (χ0v) is 16.0. The summed E-state index contributed by atoms with van der Waals surface area (Å²) in [5.41, 5.74) is 3.29. The lowest BCUT2D eigenvalue weighted by molar-refractivity contribution is -0.147. The second-order valence-corrected chi connectivity index (χ2v) is 6.81. The number of hydrogen-bond acceptors (Lipinski definition) is 4. The highest BCUT2D eigenvalue weighted by Gasteiger charge is 2.16. The van der Waals surface area contributed by atoms with Gasteiger partial charge in [0.2, 0.25) is 0 Å². The normalized spacial score (nSPS) is 12.2. The highest BCUT2D eigenvalue weighted by molar-refractivity contribution is 5.69. The van der Waals surface area contributed by atoms with Crippen LogP contribution in [0.15, 0.2) is 48.5 Å². The van der Waals surface area contributed by atoms with E-state index in [0.717, 1.165) is 17.5 Å². The van der Waals surface area contributed by atoms with E-state index < -0.39 is 6.10 Å². The van der Waals surface area contributed by atoms with Crippen LogP contribution in [0.2, 0.25) is 0 Å². The van der Waals surface area contributed by atoms with Crippen molar-refractivity contribution >= 4 is 5.97 Å². The van der Waals surface area contributed by atoms with E-state index in [2.05, 4.69) is 11.0 Å². The van der Waals surface area contributed by atoms with Crippen LogP contribution in [0.4, 0.5) is 4.39 Å². The number of benzene rings is 2. The van der Waals surface area contributed by atoms with Crippen molar-refractivity contribution in [3.8, 4) is 0 Å². The number of aliphatic hydroxyl groups is 1. The van der Waals surface area contributed by atoms with E-state index in [0.29, 0.717) is 26.1 Å². The Bertz CT molecular complexity index is 718. The molecule has 1 N–H and O–H groups in total.